The van der Waals surface area contributed by atoms with Crippen molar-refractivity contribution in [2.75, 3.05) is 6.54 Å². The number of hydrogen-bond acceptors (Lipinski definition) is 3. The first kappa shape index (κ1) is 21.4. The van der Waals surface area contributed by atoms with E-state index in [1.54, 1.807) is 0 Å². The fraction of sp³-hybridized carbons (Fsp3) is 0.895. The number of hydrogen-bond donors (Lipinski definition) is 0. The van der Waals surface area contributed by atoms with Gasteiger partial charge in [0.05, 0.1) is 6.10 Å². The number of nitrogens with zero attached hydrogens (tertiary/aromatic N) is 1. The zero-order valence-corrected chi connectivity index (χ0v) is 17.5. The molecular formula is C19H37NO3Si. The van der Waals surface area contributed by atoms with Crippen LogP contribution in [0.2, 0.25) is 18.1 Å². The molecule has 0 bridgehead atoms. The van der Waals surface area contributed by atoms with Gasteiger partial charge in [-0.05, 0) is 42.8 Å². The third-order valence-corrected chi connectivity index (χ3v) is 10.8. The van der Waals surface area contributed by atoms with E-state index in [1.165, 1.54) is 19.3 Å². The van der Waals surface area contributed by atoms with Gasteiger partial charge in [-0.25, -0.2) is 0 Å². The van der Waals surface area contributed by atoms with Gasteiger partial charge in [0.2, 0.25) is 6.54 Å². The Bertz CT molecular complexity index is 425. The highest BCUT2D eigenvalue weighted by Gasteiger charge is 2.42. The fourth-order valence-electron chi connectivity index (χ4n) is 3.61. The van der Waals surface area contributed by atoms with Gasteiger partial charge in [0.1, 0.15) is 0 Å². The molecule has 0 aromatic heterocycles. The first-order valence-electron chi connectivity index (χ1n) is 9.41. The Morgan fingerprint density at radius 3 is 2.25 bits per heavy atom. The average Bonchev–Trinajstić information content (AvgIpc) is 2.49. The molecular weight excluding hydrogens is 318 g/mol. The van der Waals surface area contributed by atoms with E-state index in [0.717, 1.165) is 12.8 Å². The van der Waals surface area contributed by atoms with Gasteiger partial charge >= 0.3 is 0 Å². The van der Waals surface area contributed by atoms with E-state index >= 15 is 0 Å². The second-order valence-corrected chi connectivity index (χ2v) is 13.8. The maximum atomic E-state index is 11.3. The van der Waals surface area contributed by atoms with Crippen LogP contribution in [0.25, 0.3) is 0 Å². The zero-order valence-electron chi connectivity index (χ0n) is 16.5. The summed E-state index contributed by atoms with van der Waals surface area (Å²) in [5, 5.41) is 11.4. The van der Waals surface area contributed by atoms with Crippen molar-refractivity contribution >= 4 is 8.32 Å². The van der Waals surface area contributed by atoms with Crippen molar-refractivity contribution in [3.05, 3.63) is 22.8 Å². The molecule has 1 aliphatic rings. The molecule has 0 amide bonds. The molecule has 1 saturated carbocycles. The van der Waals surface area contributed by atoms with Gasteiger partial charge in [-0.15, -0.1) is 6.58 Å². The van der Waals surface area contributed by atoms with Crippen molar-refractivity contribution in [2.45, 2.75) is 84.0 Å². The molecule has 1 aliphatic carbocycles. The highest BCUT2D eigenvalue weighted by molar-refractivity contribution is 6.74. The zero-order chi connectivity index (χ0) is 18.5. The normalized spacial score (nSPS) is 21.1. The summed E-state index contributed by atoms with van der Waals surface area (Å²) in [6, 6.07) is 0. The van der Waals surface area contributed by atoms with E-state index in [2.05, 4.69) is 47.4 Å². The van der Waals surface area contributed by atoms with Crippen LogP contribution >= 0.6 is 0 Å². The quantitative estimate of drug-likeness (QED) is 0.244. The predicted molar refractivity (Wildman–Crippen MR) is 103 cm³/mol. The summed E-state index contributed by atoms with van der Waals surface area (Å²) >= 11 is 0. The summed E-state index contributed by atoms with van der Waals surface area (Å²) in [6.07, 6.45) is 7.68. The predicted octanol–water partition coefficient (Wildman–Crippen LogP) is 5.67. The first-order chi connectivity index (χ1) is 11.0. The SMILES string of the molecule is C=C[C@H](O[Si](C)(C)C(C)(C)C)[C@H](C)[C@H](C[N+](=O)[O-])C1CCCCC1. The van der Waals surface area contributed by atoms with Gasteiger partial charge in [0.25, 0.3) is 0 Å². The molecule has 24 heavy (non-hydrogen) atoms. The summed E-state index contributed by atoms with van der Waals surface area (Å²) in [6.45, 7) is 17.3. The van der Waals surface area contributed by atoms with Crippen LogP contribution in [-0.2, 0) is 4.43 Å². The van der Waals surface area contributed by atoms with Crippen LogP contribution in [0.5, 0.6) is 0 Å². The molecule has 140 valence electrons. The monoisotopic (exact) mass is 355 g/mol. The third kappa shape index (κ3) is 5.69. The van der Waals surface area contributed by atoms with Crippen molar-refractivity contribution in [1.82, 2.24) is 0 Å². The van der Waals surface area contributed by atoms with Gasteiger partial charge in [0, 0.05) is 10.8 Å². The maximum Gasteiger partial charge on any atom is 0.207 e. The lowest BCUT2D eigenvalue weighted by Gasteiger charge is -2.42. The summed E-state index contributed by atoms with van der Waals surface area (Å²) < 4.78 is 6.56. The topological polar surface area (TPSA) is 52.4 Å². The van der Waals surface area contributed by atoms with E-state index in [9.17, 15) is 10.1 Å². The van der Waals surface area contributed by atoms with Gasteiger partial charge < -0.3 is 4.43 Å². The standard InChI is InChI=1S/C19H37NO3Si/c1-8-18(23-24(6,7)19(3,4)5)15(2)17(14-20(21)22)16-12-10-9-11-13-16/h8,15-18H,1,9-14H2,2-7H3/t15-,17+,18+/m1/s1. The molecule has 3 atom stereocenters. The van der Waals surface area contributed by atoms with Gasteiger partial charge in [-0.3, -0.25) is 10.1 Å². The molecule has 0 aromatic carbocycles. The highest BCUT2D eigenvalue weighted by atomic mass is 28.4. The molecule has 5 heteroatoms. The van der Waals surface area contributed by atoms with Crippen molar-refractivity contribution in [2.24, 2.45) is 17.8 Å². The van der Waals surface area contributed by atoms with E-state index in [1.807, 2.05) is 6.08 Å². The first-order valence-corrected chi connectivity index (χ1v) is 12.3. The molecule has 0 aromatic rings. The Labute approximate surface area is 149 Å². The largest absolute Gasteiger partial charge is 0.410 e. The van der Waals surface area contributed by atoms with Crippen molar-refractivity contribution in [3.8, 4) is 0 Å². The number of rotatable bonds is 8. The lowest BCUT2D eigenvalue weighted by molar-refractivity contribution is -0.492. The molecule has 0 saturated heterocycles. The molecule has 0 radical (unpaired) electrons. The Hall–Kier alpha value is -0.683. The minimum absolute atomic E-state index is 0.0526. The number of nitro groups is 1. The average molecular weight is 356 g/mol. The minimum atomic E-state index is -1.93. The van der Waals surface area contributed by atoms with Crippen LogP contribution in [0.4, 0.5) is 0 Å². The minimum Gasteiger partial charge on any atom is -0.410 e. The van der Waals surface area contributed by atoms with E-state index < -0.39 is 8.32 Å². The Balaban J connectivity index is 2.94. The van der Waals surface area contributed by atoms with E-state index in [0.29, 0.717) is 5.92 Å². The van der Waals surface area contributed by atoms with Crippen LogP contribution < -0.4 is 0 Å². The lowest BCUT2D eigenvalue weighted by Crippen LogP contribution is -2.47. The Kier molecular flexibility index (Phi) is 7.66. The summed E-state index contributed by atoms with van der Waals surface area (Å²) in [4.78, 5) is 11.1. The lowest BCUT2D eigenvalue weighted by atomic mass is 9.73. The molecule has 0 heterocycles. The Morgan fingerprint density at radius 1 is 1.29 bits per heavy atom. The summed E-state index contributed by atoms with van der Waals surface area (Å²) in [5.74, 6) is 0.655. The second-order valence-electron chi connectivity index (χ2n) is 9.01. The highest BCUT2D eigenvalue weighted by Crippen LogP contribution is 2.41. The van der Waals surface area contributed by atoms with Gasteiger partial charge in [-0.2, -0.15) is 0 Å². The van der Waals surface area contributed by atoms with Crippen molar-refractivity contribution in [1.29, 1.82) is 0 Å². The molecule has 0 N–H and O–H groups in total. The van der Waals surface area contributed by atoms with Crippen molar-refractivity contribution < 1.29 is 9.35 Å². The maximum absolute atomic E-state index is 11.3. The van der Waals surface area contributed by atoms with Crippen molar-refractivity contribution in [3.63, 3.8) is 0 Å². The van der Waals surface area contributed by atoms with E-state index in [4.69, 9.17) is 4.43 Å². The molecule has 0 aliphatic heterocycles. The van der Waals surface area contributed by atoms with Gasteiger partial charge in [0.15, 0.2) is 8.32 Å². The van der Waals surface area contributed by atoms with Crippen LogP contribution in [0, 0.1) is 27.9 Å². The molecule has 0 unspecified atom stereocenters. The smallest absolute Gasteiger partial charge is 0.207 e. The van der Waals surface area contributed by atoms with Gasteiger partial charge in [-0.1, -0.05) is 53.0 Å². The molecule has 1 rings (SSSR count). The summed E-state index contributed by atoms with van der Waals surface area (Å²) in [5.41, 5.74) is 0. The molecule has 0 spiro atoms. The van der Waals surface area contributed by atoms with Crippen LogP contribution in [0.15, 0.2) is 12.7 Å². The second kappa shape index (κ2) is 8.61. The fourth-order valence-corrected chi connectivity index (χ4v) is 4.95. The third-order valence-electron chi connectivity index (χ3n) is 6.28. The van der Waals surface area contributed by atoms with E-state index in [-0.39, 0.29) is 34.4 Å². The molecule has 1 fully saturated rings. The van der Waals surface area contributed by atoms with Crippen LogP contribution in [0.3, 0.4) is 0 Å². The van der Waals surface area contributed by atoms with Crippen LogP contribution in [-0.4, -0.2) is 25.9 Å². The Morgan fingerprint density at radius 2 is 1.83 bits per heavy atom. The van der Waals surface area contributed by atoms with Crippen LogP contribution in [0.1, 0.15) is 59.8 Å². The summed E-state index contributed by atoms with van der Waals surface area (Å²) in [7, 11) is -1.93. The molecule has 4 nitrogen and oxygen atoms in total.